The van der Waals surface area contributed by atoms with Gasteiger partial charge in [0.15, 0.2) is 0 Å². The van der Waals surface area contributed by atoms with Gasteiger partial charge in [0.2, 0.25) is 5.91 Å². The smallest absolute Gasteiger partial charge is 0.319 e. The zero-order valence-corrected chi connectivity index (χ0v) is 15.1. The van der Waals surface area contributed by atoms with Gasteiger partial charge in [0.05, 0.1) is 6.04 Å². The highest BCUT2D eigenvalue weighted by Crippen LogP contribution is 2.23. The van der Waals surface area contributed by atoms with Crippen LogP contribution in [0.5, 0.6) is 0 Å². The van der Waals surface area contributed by atoms with Crippen LogP contribution in [0.25, 0.3) is 0 Å². The molecule has 2 aromatic carbocycles. The average molecular weight is 406 g/mol. The van der Waals surface area contributed by atoms with E-state index in [1.807, 2.05) is 25.1 Å². The van der Waals surface area contributed by atoms with Crippen LogP contribution in [0.15, 0.2) is 46.9 Å². The van der Waals surface area contributed by atoms with Crippen LogP contribution in [0.1, 0.15) is 12.0 Å². The van der Waals surface area contributed by atoms with Gasteiger partial charge in [-0.05, 0) is 55.0 Å². The van der Waals surface area contributed by atoms with Crippen molar-refractivity contribution in [1.29, 1.82) is 0 Å². The summed E-state index contributed by atoms with van der Waals surface area (Å²) in [4.78, 5) is 25.9. The normalized spacial score (nSPS) is 16.8. The fourth-order valence-electron chi connectivity index (χ4n) is 2.79. The van der Waals surface area contributed by atoms with Crippen LogP contribution in [0.2, 0.25) is 0 Å². The lowest BCUT2D eigenvalue weighted by molar-refractivity contribution is -0.117. The Morgan fingerprint density at radius 1 is 1.24 bits per heavy atom. The number of hydrogen-bond donors (Lipinski definition) is 2. The number of aryl methyl sites for hydroxylation is 1. The van der Waals surface area contributed by atoms with Crippen LogP contribution < -0.4 is 15.5 Å². The minimum absolute atomic E-state index is 0.100. The van der Waals surface area contributed by atoms with Gasteiger partial charge in [-0.2, -0.15) is 0 Å². The van der Waals surface area contributed by atoms with Gasteiger partial charge in [0.1, 0.15) is 5.82 Å². The third-order valence-electron chi connectivity index (χ3n) is 4.04. The van der Waals surface area contributed by atoms with Crippen LogP contribution >= 0.6 is 15.9 Å². The maximum atomic E-state index is 13.0. The third kappa shape index (κ3) is 4.17. The molecule has 1 saturated heterocycles. The molecule has 0 aliphatic carbocycles. The predicted octanol–water partition coefficient (Wildman–Crippen LogP) is 3.82. The van der Waals surface area contributed by atoms with Crippen molar-refractivity contribution in [2.45, 2.75) is 19.4 Å². The first-order valence-corrected chi connectivity index (χ1v) is 8.61. The number of benzene rings is 2. The molecule has 7 heteroatoms. The van der Waals surface area contributed by atoms with E-state index < -0.39 is 0 Å². The lowest BCUT2D eigenvalue weighted by Crippen LogP contribution is -2.39. The van der Waals surface area contributed by atoms with Gasteiger partial charge in [0.25, 0.3) is 0 Å². The Balaban J connectivity index is 1.61. The van der Waals surface area contributed by atoms with Crippen molar-refractivity contribution in [3.05, 3.63) is 58.3 Å². The summed E-state index contributed by atoms with van der Waals surface area (Å²) in [5, 5.41) is 5.60. The number of carbonyl (C=O) groups excluding carboxylic acids is 2. The zero-order valence-electron chi connectivity index (χ0n) is 13.6. The summed E-state index contributed by atoms with van der Waals surface area (Å²) in [5.41, 5.74) is 2.26. The first kappa shape index (κ1) is 17.4. The predicted molar refractivity (Wildman–Crippen MR) is 98.2 cm³/mol. The molecule has 1 fully saturated rings. The maximum absolute atomic E-state index is 13.0. The molecular formula is C18H17BrFN3O2. The summed E-state index contributed by atoms with van der Waals surface area (Å²) >= 11 is 3.38. The van der Waals surface area contributed by atoms with E-state index in [2.05, 4.69) is 26.6 Å². The molecule has 2 aromatic rings. The Bertz CT molecular complexity index is 810. The van der Waals surface area contributed by atoms with Crippen molar-refractivity contribution in [3.8, 4) is 0 Å². The van der Waals surface area contributed by atoms with Gasteiger partial charge in [-0.1, -0.05) is 15.9 Å². The number of carbonyl (C=O) groups is 2. The fourth-order valence-corrected chi connectivity index (χ4v) is 3.26. The fraction of sp³-hybridized carbons (Fsp3) is 0.222. The van der Waals surface area contributed by atoms with Crippen LogP contribution in [-0.2, 0) is 4.79 Å². The molecule has 0 unspecified atom stereocenters. The van der Waals surface area contributed by atoms with Crippen LogP contribution in [-0.4, -0.2) is 24.5 Å². The van der Waals surface area contributed by atoms with Crippen molar-refractivity contribution < 1.29 is 14.0 Å². The van der Waals surface area contributed by atoms with Gasteiger partial charge in [0, 0.05) is 28.8 Å². The van der Waals surface area contributed by atoms with Gasteiger partial charge in [-0.3, -0.25) is 4.79 Å². The molecule has 0 radical (unpaired) electrons. The highest BCUT2D eigenvalue weighted by Gasteiger charge is 2.31. The summed E-state index contributed by atoms with van der Waals surface area (Å²) in [6.45, 7) is 2.26. The second-order valence-corrected chi connectivity index (χ2v) is 6.86. The number of amides is 3. The Hall–Kier alpha value is -2.41. The van der Waals surface area contributed by atoms with Crippen molar-refractivity contribution in [1.82, 2.24) is 5.32 Å². The molecule has 1 heterocycles. The minimum atomic E-state index is -0.357. The molecule has 1 atom stereocenters. The highest BCUT2D eigenvalue weighted by molar-refractivity contribution is 9.10. The first-order valence-electron chi connectivity index (χ1n) is 7.82. The van der Waals surface area contributed by atoms with E-state index >= 15 is 0 Å². The zero-order chi connectivity index (χ0) is 18.0. The summed E-state index contributed by atoms with van der Waals surface area (Å²) in [5.74, 6) is -0.453. The molecule has 0 bridgehead atoms. The van der Waals surface area contributed by atoms with E-state index in [0.717, 1.165) is 10.0 Å². The molecule has 0 spiro atoms. The number of hydrogen-bond acceptors (Lipinski definition) is 2. The number of rotatable bonds is 3. The lowest BCUT2D eigenvalue weighted by atomic mass is 10.2. The summed E-state index contributed by atoms with van der Waals surface area (Å²) in [6.07, 6.45) is 0.212. The first-order chi connectivity index (χ1) is 11.9. The molecule has 130 valence electrons. The standard InChI is InChI=1S/C18H17BrFN3O2/c1-11-8-12(19)2-7-16(11)22-18(25)21-14-9-17(24)23(10-14)15-5-3-13(20)4-6-15/h2-8,14H,9-10H2,1H3,(H2,21,22,25)/t14-/m0/s1. The Morgan fingerprint density at radius 2 is 1.96 bits per heavy atom. The van der Waals surface area contributed by atoms with Crippen molar-refractivity contribution in [2.24, 2.45) is 0 Å². The lowest BCUT2D eigenvalue weighted by Gasteiger charge is -2.17. The summed E-state index contributed by atoms with van der Waals surface area (Å²) in [6, 6.07) is 10.6. The summed E-state index contributed by atoms with van der Waals surface area (Å²) in [7, 11) is 0. The monoisotopic (exact) mass is 405 g/mol. The molecule has 1 aliphatic rings. The number of nitrogens with one attached hydrogen (secondary N) is 2. The number of nitrogens with zero attached hydrogens (tertiary/aromatic N) is 1. The number of urea groups is 1. The maximum Gasteiger partial charge on any atom is 0.319 e. The van der Waals surface area contributed by atoms with Crippen molar-refractivity contribution in [2.75, 3.05) is 16.8 Å². The molecular weight excluding hydrogens is 389 g/mol. The Kier molecular flexibility index (Phi) is 5.03. The minimum Gasteiger partial charge on any atom is -0.333 e. The molecule has 3 rings (SSSR count). The second-order valence-electron chi connectivity index (χ2n) is 5.94. The molecule has 25 heavy (non-hydrogen) atoms. The van der Waals surface area contributed by atoms with Crippen LogP contribution in [0, 0.1) is 12.7 Å². The van der Waals surface area contributed by atoms with E-state index in [-0.39, 0.29) is 30.2 Å². The molecule has 5 nitrogen and oxygen atoms in total. The van der Waals surface area contributed by atoms with E-state index in [1.165, 1.54) is 12.1 Å². The van der Waals surface area contributed by atoms with Crippen LogP contribution in [0.3, 0.4) is 0 Å². The summed E-state index contributed by atoms with van der Waals surface area (Å²) < 4.78 is 13.9. The van der Waals surface area contributed by atoms with E-state index in [4.69, 9.17) is 0 Å². The quantitative estimate of drug-likeness (QED) is 0.814. The molecule has 1 aliphatic heterocycles. The van der Waals surface area contributed by atoms with Gasteiger partial charge in [-0.25, -0.2) is 9.18 Å². The van der Waals surface area contributed by atoms with Gasteiger partial charge >= 0.3 is 6.03 Å². The van der Waals surface area contributed by atoms with Crippen molar-refractivity contribution in [3.63, 3.8) is 0 Å². The van der Waals surface area contributed by atoms with E-state index in [1.54, 1.807) is 17.0 Å². The molecule has 3 amide bonds. The number of halogens is 2. The van der Waals surface area contributed by atoms with E-state index in [9.17, 15) is 14.0 Å². The van der Waals surface area contributed by atoms with Crippen molar-refractivity contribution >= 4 is 39.2 Å². The topological polar surface area (TPSA) is 61.4 Å². The molecule has 2 N–H and O–H groups in total. The van der Waals surface area contributed by atoms with Gasteiger partial charge < -0.3 is 15.5 Å². The molecule has 0 saturated carbocycles. The highest BCUT2D eigenvalue weighted by atomic mass is 79.9. The Labute approximate surface area is 153 Å². The molecule has 0 aromatic heterocycles. The van der Waals surface area contributed by atoms with E-state index in [0.29, 0.717) is 17.9 Å². The van der Waals surface area contributed by atoms with Crippen LogP contribution in [0.4, 0.5) is 20.6 Å². The number of anilines is 2. The SMILES string of the molecule is Cc1cc(Br)ccc1NC(=O)N[C@H]1CC(=O)N(c2ccc(F)cc2)C1. The second kappa shape index (κ2) is 7.23. The van der Waals surface area contributed by atoms with Gasteiger partial charge in [-0.15, -0.1) is 0 Å². The Morgan fingerprint density at radius 3 is 2.64 bits per heavy atom. The third-order valence-corrected chi connectivity index (χ3v) is 4.53. The average Bonchev–Trinajstić information content (AvgIpc) is 2.91. The largest absolute Gasteiger partial charge is 0.333 e.